The van der Waals surface area contributed by atoms with Gasteiger partial charge < -0.3 is 24.3 Å². The molecule has 0 saturated carbocycles. The Hall–Kier alpha value is -0.240. The van der Waals surface area contributed by atoms with Crippen molar-refractivity contribution >= 4 is 0 Å². The first kappa shape index (κ1) is 25.4. The van der Waals surface area contributed by atoms with Crippen molar-refractivity contribution < 1.29 is 18.9 Å². The lowest BCUT2D eigenvalue weighted by atomic mass is 9.79. The first-order valence-corrected chi connectivity index (χ1v) is 12.2. The molecule has 4 saturated heterocycles. The van der Waals surface area contributed by atoms with Crippen molar-refractivity contribution in [3.8, 4) is 0 Å². The average Bonchev–Trinajstić information content (AvgIpc) is 3.49. The molecular weight excluding hydrogens is 392 g/mol. The van der Waals surface area contributed by atoms with Crippen molar-refractivity contribution in [1.29, 1.82) is 0 Å². The van der Waals surface area contributed by atoms with Gasteiger partial charge in [0.25, 0.3) is 0 Å². The molecule has 4 rings (SSSR count). The molecule has 0 aliphatic carbocycles. The van der Waals surface area contributed by atoms with Crippen molar-refractivity contribution in [2.24, 2.45) is 0 Å². The van der Waals surface area contributed by atoms with E-state index in [0.717, 1.165) is 52.1 Å². The van der Waals surface area contributed by atoms with E-state index < -0.39 is 0 Å². The molecule has 0 radical (unpaired) electrons. The number of likely N-dealkylation sites (tertiary alicyclic amines) is 1. The van der Waals surface area contributed by atoms with Crippen molar-refractivity contribution in [3.05, 3.63) is 0 Å². The summed E-state index contributed by atoms with van der Waals surface area (Å²) < 4.78 is 22.2. The summed E-state index contributed by atoms with van der Waals surface area (Å²) in [4.78, 5) is 2.48. The lowest BCUT2D eigenvalue weighted by Crippen LogP contribution is -2.60. The molecule has 0 amide bonds. The van der Waals surface area contributed by atoms with Crippen LogP contribution in [0.15, 0.2) is 0 Å². The molecule has 0 aromatic carbocycles. The quantitative estimate of drug-likeness (QED) is 0.635. The van der Waals surface area contributed by atoms with Gasteiger partial charge in [-0.3, -0.25) is 4.90 Å². The third-order valence-corrected chi connectivity index (χ3v) is 7.26. The van der Waals surface area contributed by atoms with Crippen LogP contribution in [-0.2, 0) is 18.9 Å². The van der Waals surface area contributed by atoms with Gasteiger partial charge in [0.1, 0.15) is 12.2 Å². The fourth-order valence-electron chi connectivity index (χ4n) is 5.56. The molecular formula is C25H48N2O4. The summed E-state index contributed by atoms with van der Waals surface area (Å²) in [7, 11) is 2.22. The number of nitrogens with zero attached hydrogens (tertiary/aromatic N) is 1. The monoisotopic (exact) mass is 440 g/mol. The van der Waals surface area contributed by atoms with E-state index in [0.29, 0.717) is 24.4 Å². The summed E-state index contributed by atoms with van der Waals surface area (Å²) in [5.41, 5.74) is 0.793. The highest BCUT2D eigenvalue weighted by molar-refractivity contribution is 4.99. The molecule has 2 unspecified atom stereocenters. The van der Waals surface area contributed by atoms with E-state index in [1.165, 1.54) is 0 Å². The Morgan fingerprint density at radius 2 is 1.06 bits per heavy atom. The van der Waals surface area contributed by atoms with Gasteiger partial charge in [-0.25, -0.2) is 0 Å². The van der Waals surface area contributed by atoms with Gasteiger partial charge in [0.2, 0.25) is 0 Å². The molecule has 182 valence electrons. The molecule has 4 heterocycles. The fraction of sp³-hybridized carbons (Fsp3) is 1.00. The largest absolute Gasteiger partial charge is 0.375 e. The zero-order valence-electron chi connectivity index (χ0n) is 21.5. The third-order valence-electron chi connectivity index (χ3n) is 7.26. The van der Waals surface area contributed by atoms with Crippen LogP contribution >= 0.6 is 0 Å². The van der Waals surface area contributed by atoms with Gasteiger partial charge in [-0.1, -0.05) is 0 Å². The SMILES string of the molecule is CC1(C)CC(OCC2CO2)CC(C)(C)N1.CN1C(C)(C)CC(OCC2CO2)CC1(C)C. The average molecular weight is 441 g/mol. The number of piperidine rings is 2. The van der Waals surface area contributed by atoms with E-state index in [9.17, 15) is 0 Å². The van der Waals surface area contributed by atoms with Crippen LogP contribution in [0.2, 0.25) is 0 Å². The van der Waals surface area contributed by atoms with Gasteiger partial charge in [-0.05, 0) is 88.1 Å². The van der Waals surface area contributed by atoms with Crippen LogP contribution in [0.4, 0.5) is 0 Å². The molecule has 6 heteroatoms. The molecule has 31 heavy (non-hydrogen) atoms. The van der Waals surface area contributed by atoms with Crippen molar-refractivity contribution in [3.63, 3.8) is 0 Å². The second-order valence-corrected chi connectivity index (χ2v) is 12.7. The highest BCUT2D eigenvalue weighted by Crippen LogP contribution is 2.38. The highest BCUT2D eigenvalue weighted by Gasteiger charge is 2.44. The van der Waals surface area contributed by atoms with Crippen LogP contribution in [0.25, 0.3) is 0 Å². The number of ether oxygens (including phenoxy) is 4. The minimum absolute atomic E-state index is 0.177. The molecule has 0 aromatic rings. The van der Waals surface area contributed by atoms with Crippen LogP contribution in [-0.4, -0.2) is 84.9 Å². The number of nitrogens with one attached hydrogen (secondary N) is 1. The zero-order chi connectivity index (χ0) is 23.1. The van der Waals surface area contributed by atoms with Gasteiger partial charge in [0.05, 0.1) is 38.6 Å². The number of epoxide rings is 2. The Kier molecular flexibility index (Phi) is 7.52. The lowest BCUT2D eigenvalue weighted by Gasteiger charge is -2.53. The van der Waals surface area contributed by atoms with Crippen LogP contribution in [0.3, 0.4) is 0 Å². The Balaban J connectivity index is 0.000000176. The van der Waals surface area contributed by atoms with E-state index >= 15 is 0 Å². The Morgan fingerprint density at radius 1 is 0.710 bits per heavy atom. The van der Waals surface area contributed by atoms with Crippen molar-refractivity contribution in [2.75, 3.05) is 33.5 Å². The Morgan fingerprint density at radius 3 is 1.42 bits per heavy atom. The van der Waals surface area contributed by atoms with Crippen LogP contribution < -0.4 is 5.32 Å². The molecule has 2 atom stereocenters. The first-order chi connectivity index (χ1) is 14.2. The van der Waals surface area contributed by atoms with Gasteiger partial charge in [0.15, 0.2) is 0 Å². The molecule has 0 aromatic heterocycles. The van der Waals surface area contributed by atoms with Crippen LogP contribution in [0.5, 0.6) is 0 Å². The van der Waals surface area contributed by atoms with E-state index in [4.69, 9.17) is 18.9 Å². The molecule has 1 N–H and O–H groups in total. The molecule has 0 bridgehead atoms. The van der Waals surface area contributed by atoms with Gasteiger partial charge in [-0.15, -0.1) is 0 Å². The van der Waals surface area contributed by atoms with Gasteiger partial charge in [0, 0.05) is 22.2 Å². The predicted molar refractivity (Wildman–Crippen MR) is 125 cm³/mol. The van der Waals surface area contributed by atoms with Crippen molar-refractivity contribution in [2.45, 2.75) is 128 Å². The molecule has 4 fully saturated rings. The van der Waals surface area contributed by atoms with E-state index in [1.807, 2.05) is 0 Å². The minimum atomic E-state index is 0.177. The number of rotatable bonds is 6. The van der Waals surface area contributed by atoms with Crippen molar-refractivity contribution in [1.82, 2.24) is 10.2 Å². The molecule has 4 aliphatic rings. The molecule has 6 nitrogen and oxygen atoms in total. The summed E-state index contributed by atoms with van der Waals surface area (Å²) in [6.07, 6.45) is 5.91. The zero-order valence-corrected chi connectivity index (χ0v) is 21.5. The molecule has 4 aliphatic heterocycles. The maximum Gasteiger partial charge on any atom is 0.104 e. The highest BCUT2D eigenvalue weighted by atomic mass is 16.6. The topological polar surface area (TPSA) is 58.8 Å². The molecule has 0 spiro atoms. The van der Waals surface area contributed by atoms with Crippen LogP contribution in [0, 0.1) is 0 Å². The van der Waals surface area contributed by atoms with Gasteiger partial charge in [-0.2, -0.15) is 0 Å². The van der Waals surface area contributed by atoms with E-state index in [2.05, 4.69) is 72.7 Å². The maximum absolute atomic E-state index is 5.97. The van der Waals surface area contributed by atoms with Gasteiger partial charge >= 0.3 is 0 Å². The van der Waals surface area contributed by atoms with E-state index in [-0.39, 0.29) is 22.2 Å². The third kappa shape index (κ3) is 7.94. The fourth-order valence-corrected chi connectivity index (χ4v) is 5.56. The standard InChI is InChI=1S/C13H25NO2.C12H23NO2/c1-12(2)6-10(15-8-11-9-16-11)7-13(3,4)14(12)5;1-11(2)5-9(6-12(3,4)13-11)14-7-10-8-15-10/h10-11H,6-9H2,1-5H3;9-10,13H,5-8H2,1-4H3. The normalized spacial score (nSPS) is 34.0. The van der Waals surface area contributed by atoms with E-state index in [1.54, 1.807) is 0 Å². The number of hydrogen-bond donors (Lipinski definition) is 1. The number of hydrogen-bond acceptors (Lipinski definition) is 6. The second-order valence-electron chi connectivity index (χ2n) is 12.7. The second kappa shape index (κ2) is 9.19. The smallest absolute Gasteiger partial charge is 0.104 e. The first-order valence-electron chi connectivity index (χ1n) is 12.2. The predicted octanol–water partition coefficient (Wildman–Crippen LogP) is 3.76. The summed E-state index contributed by atoms with van der Waals surface area (Å²) >= 11 is 0. The summed E-state index contributed by atoms with van der Waals surface area (Å²) in [6, 6.07) is 0. The summed E-state index contributed by atoms with van der Waals surface area (Å²) in [5.74, 6) is 0. The summed E-state index contributed by atoms with van der Waals surface area (Å²) in [5, 5.41) is 3.65. The maximum atomic E-state index is 5.97. The minimum Gasteiger partial charge on any atom is -0.375 e. The van der Waals surface area contributed by atoms with Crippen LogP contribution in [0.1, 0.15) is 81.1 Å². The lowest BCUT2D eigenvalue weighted by molar-refractivity contribution is -0.0933. The Bertz CT molecular complexity index is 562. The summed E-state index contributed by atoms with van der Waals surface area (Å²) in [6.45, 7) is 21.5. The Labute approximate surface area is 190 Å².